The Morgan fingerprint density at radius 1 is 1.26 bits per heavy atom. The molecule has 0 aliphatic carbocycles. The number of nitrogens with two attached hydrogens (primary N) is 1. The Balaban J connectivity index is 0. The van der Waals surface area contributed by atoms with E-state index in [1.54, 1.807) is 0 Å². The van der Waals surface area contributed by atoms with E-state index in [1.165, 1.54) is 0 Å². The maximum Gasteiger partial charge on any atom is 0.220 e. The van der Waals surface area contributed by atoms with Gasteiger partial charge in [0.1, 0.15) is 0 Å². The van der Waals surface area contributed by atoms with Crippen LogP contribution in [0.5, 0.6) is 0 Å². The van der Waals surface area contributed by atoms with Gasteiger partial charge in [-0.1, -0.05) is 18.2 Å². The summed E-state index contributed by atoms with van der Waals surface area (Å²) in [6.45, 7) is 2.03. The molecular formula is C13H23Cl2N3O. The van der Waals surface area contributed by atoms with Gasteiger partial charge in [0, 0.05) is 32.2 Å². The smallest absolute Gasteiger partial charge is 0.220 e. The minimum atomic E-state index is 0. The molecule has 0 bridgehead atoms. The van der Waals surface area contributed by atoms with E-state index in [2.05, 4.69) is 22.3 Å². The van der Waals surface area contributed by atoms with Gasteiger partial charge in [-0.05, 0) is 25.1 Å². The highest BCUT2D eigenvalue weighted by Gasteiger charge is 2.02. The lowest BCUT2D eigenvalue weighted by Gasteiger charge is -2.19. The number of benzene rings is 1. The fourth-order valence-corrected chi connectivity index (χ4v) is 1.53. The standard InChI is InChI=1S/C13H21N3O.2ClH/c1-16(12-6-3-2-4-7-12)11-10-15-13(17)8-5-9-14;;/h2-4,6-7H,5,8-11,14H2,1H3,(H,15,17);2*1H. The molecule has 0 aromatic heterocycles. The minimum Gasteiger partial charge on any atom is -0.373 e. The van der Waals surface area contributed by atoms with Crippen molar-refractivity contribution in [3.8, 4) is 0 Å². The van der Waals surface area contributed by atoms with Gasteiger partial charge in [0.2, 0.25) is 5.91 Å². The van der Waals surface area contributed by atoms with Crippen molar-refractivity contribution in [3.63, 3.8) is 0 Å². The minimum absolute atomic E-state index is 0. The van der Waals surface area contributed by atoms with Gasteiger partial charge in [0.25, 0.3) is 0 Å². The first-order valence-corrected chi connectivity index (χ1v) is 5.97. The van der Waals surface area contributed by atoms with Gasteiger partial charge in [0.15, 0.2) is 0 Å². The number of carbonyl (C=O) groups excluding carboxylic acids is 1. The third kappa shape index (κ3) is 8.70. The Morgan fingerprint density at radius 3 is 2.47 bits per heavy atom. The van der Waals surface area contributed by atoms with Crippen LogP contribution >= 0.6 is 24.8 Å². The molecule has 0 unspecified atom stereocenters. The highest BCUT2D eigenvalue weighted by Crippen LogP contribution is 2.09. The van der Waals surface area contributed by atoms with E-state index in [0.717, 1.165) is 18.7 Å². The molecule has 0 atom stereocenters. The van der Waals surface area contributed by atoms with Crippen LogP contribution in [-0.4, -0.2) is 32.6 Å². The Bertz CT molecular complexity index is 336. The Hall–Kier alpha value is -0.970. The summed E-state index contributed by atoms with van der Waals surface area (Å²) >= 11 is 0. The van der Waals surface area contributed by atoms with Crippen molar-refractivity contribution in [2.75, 3.05) is 31.6 Å². The number of nitrogens with zero attached hydrogens (tertiary/aromatic N) is 1. The van der Waals surface area contributed by atoms with E-state index >= 15 is 0 Å². The summed E-state index contributed by atoms with van der Waals surface area (Å²) in [6, 6.07) is 10.1. The number of nitrogens with one attached hydrogen (secondary N) is 1. The molecule has 1 amide bonds. The van der Waals surface area contributed by atoms with Gasteiger partial charge in [0.05, 0.1) is 0 Å². The molecule has 0 saturated carbocycles. The first kappa shape index (κ1) is 20.3. The van der Waals surface area contributed by atoms with E-state index < -0.39 is 0 Å². The number of para-hydroxylation sites is 1. The quantitative estimate of drug-likeness (QED) is 0.808. The van der Waals surface area contributed by atoms with Gasteiger partial charge >= 0.3 is 0 Å². The monoisotopic (exact) mass is 307 g/mol. The number of rotatable bonds is 7. The molecule has 0 aliphatic rings. The SMILES string of the molecule is CN(CCNC(=O)CCCN)c1ccccc1.Cl.Cl. The number of amides is 1. The second-order valence-corrected chi connectivity index (χ2v) is 4.00. The molecule has 3 N–H and O–H groups in total. The Morgan fingerprint density at radius 2 is 1.89 bits per heavy atom. The molecule has 0 saturated heterocycles. The van der Waals surface area contributed by atoms with Crippen LogP contribution in [-0.2, 0) is 4.79 Å². The van der Waals surface area contributed by atoms with Gasteiger partial charge < -0.3 is 16.0 Å². The molecule has 1 rings (SSSR count). The van der Waals surface area contributed by atoms with Crippen LogP contribution in [0.4, 0.5) is 5.69 Å². The van der Waals surface area contributed by atoms with Gasteiger partial charge in [-0.2, -0.15) is 0 Å². The summed E-state index contributed by atoms with van der Waals surface area (Å²) in [5.74, 6) is 0.0805. The number of likely N-dealkylation sites (N-methyl/N-ethyl adjacent to an activating group) is 1. The summed E-state index contributed by atoms with van der Waals surface area (Å²) in [5.41, 5.74) is 6.50. The first-order valence-electron chi connectivity index (χ1n) is 5.97. The Labute approximate surface area is 127 Å². The van der Waals surface area contributed by atoms with Crippen LogP contribution in [0.2, 0.25) is 0 Å². The third-order valence-electron chi connectivity index (χ3n) is 2.57. The van der Waals surface area contributed by atoms with E-state index in [4.69, 9.17) is 5.73 Å². The van der Waals surface area contributed by atoms with Crippen LogP contribution in [0.25, 0.3) is 0 Å². The average Bonchev–Trinajstić information content (AvgIpc) is 2.37. The van der Waals surface area contributed by atoms with Crippen LogP contribution < -0.4 is 16.0 Å². The second kappa shape index (κ2) is 12.1. The first-order chi connectivity index (χ1) is 8.24. The zero-order chi connectivity index (χ0) is 12.5. The van der Waals surface area contributed by atoms with Gasteiger partial charge in [-0.25, -0.2) is 0 Å². The van der Waals surface area contributed by atoms with Crippen molar-refractivity contribution in [2.45, 2.75) is 12.8 Å². The van der Waals surface area contributed by atoms with Gasteiger partial charge in [-0.3, -0.25) is 4.79 Å². The normalized spacial score (nSPS) is 8.95. The van der Waals surface area contributed by atoms with E-state index in [1.807, 2.05) is 25.2 Å². The van der Waals surface area contributed by atoms with Crippen molar-refractivity contribution >= 4 is 36.4 Å². The molecule has 0 heterocycles. The molecular weight excluding hydrogens is 285 g/mol. The maximum atomic E-state index is 11.3. The fourth-order valence-electron chi connectivity index (χ4n) is 1.53. The third-order valence-corrected chi connectivity index (χ3v) is 2.57. The fraction of sp³-hybridized carbons (Fsp3) is 0.462. The van der Waals surface area contributed by atoms with Crippen LogP contribution in [0.3, 0.4) is 0 Å². The van der Waals surface area contributed by atoms with E-state index in [9.17, 15) is 4.79 Å². The van der Waals surface area contributed by atoms with Crippen LogP contribution in [0.15, 0.2) is 30.3 Å². The number of anilines is 1. The predicted molar refractivity (Wildman–Crippen MR) is 85.5 cm³/mol. The molecule has 0 spiro atoms. The highest BCUT2D eigenvalue weighted by atomic mass is 35.5. The lowest BCUT2D eigenvalue weighted by Crippen LogP contribution is -2.33. The highest BCUT2D eigenvalue weighted by molar-refractivity contribution is 5.85. The Kier molecular flexibility index (Phi) is 12.9. The summed E-state index contributed by atoms with van der Waals surface area (Å²) in [7, 11) is 2.02. The summed E-state index contributed by atoms with van der Waals surface area (Å²) in [6.07, 6.45) is 1.27. The number of hydrogen-bond donors (Lipinski definition) is 2. The largest absolute Gasteiger partial charge is 0.373 e. The van der Waals surface area contributed by atoms with Gasteiger partial charge in [-0.15, -0.1) is 24.8 Å². The van der Waals surface area contributed by atoms with Crippen molar-refractivity contribution in [1.29, 1.82) is 0 Å². The van der Waals surface area contributed by atoms with Crippen LogP contribution in [0.1, 0.15) is 12.8 Å². The average molecular weight is 308 g/mol. The molecule has 0 fully saturated rings. The molecule has 0 radical (unpaired) electrons. The van der Waals surface area contributed by atoms with Crippen LogP contribution in [0, 0.1) is 0 Å². The predicted octanol–water partition coefficient (Wildman–Crippen LogP) is 1.82. The summed E-state index contributed by atoms with van der Waals surface area (Å²) < 4.78 is 0. The van der Waals surface area contributed by atoms with Crippen molar-refractivity contribution in [1.82, 2.24) is 5.32 Å². The molecule has 19 heavy (non-hydrogen) atoms. The molecule has 110 valence electrons. The molecule has 4 nitrogen and oxygen atoms in total. The summed E-state index contributed by atoms with van der Waals surface area (Å²) in [4.78, 5) is 13.4. The zero-order valence-corrected chi connectivity index (χ0v) is 12.8. The lowest BCUT2D eigenvalue weighted by atomic mass is 10.3. The van der Waals surface area contributed by atoms with Crippen molar-refractivity contribution < 1.29 is 4.79 Å². The lowest BCUT2D eigenvalue weighted by molar-refractivity contribution is -0.121. The number of halogens is 2. The molecule has 1 aromatic rings. The maximum absolute atomic E-state index is 11.3. The van der Waals surface area contributed by atoms with Crippen molar-refractivity contribution in [3.05, 3.63) is 30.3 Å². The number of hydrogen-bond acceptors (Lipinski definition) is 3. The second-order valence-electron chi connectivity index (χ2n) is 4.00. The molecule has 0 aliphatic heterocycles. The van der Waals surface area contributed by atoms with E-state index in [-0.39, 0.29) is 30.7 Å². The summed E-state index contributed by atoms with van der Waals surface area (Å²) in [5, 5.41) is 2.88. The van der Waals surface area contributed by atoms with Crippen molar-refractivity contribution in [2.24, 2.45) is 5.73 Å². The zero-order valence-electron chi connectivity index (χ0n) is 11.2. The molecule has 6 heteroatoms. The van der Waals surface area contributed by atoms with E-state index in [0.29, 0.717) is 19.5 Å². The molecule has 1 aromatic carbocycles. The number of carbonyl (C=O) groups is 1. The topological polar surface area (TPSA) is 58.4 Å².